The van der Waals surface area contributed by atoms with Crippen LogP contribution in [0.5, 0.6) is 5.75 Å². The van der Waals surface area contributed by atoms with Gasteiger partial charge in [-0.1, -0.05) is 48.0 Å². The molecule has 55 heavy (non-hydrogen) atoms. The number of methoxy groups -OCH3 is 1. The number of halogens is 2. The molecule has 11 heteroatoms. The van der Waals surface area contributed by atoms with E-state index in [9.17, 15) is 14.9 Å². The number of nitrogens with zero attached hydrogens (tertiary/aromatic N) is 5. The van der Waals surface area contributed by atoms with Crippen LogP contribution in [0.4, 0.5) is 10.1 Å². The van der Waals surface area contributed by atoms with Crippen LogP contribution in [0.2, 0.25) is 5.02 Å². The second-order valence-corrected chi connectivity index (χ2v) is 14.6. The first kappa shape index (κ1) is 37.8. The number of ether oxygens (including phenoxy) is 2. The number of benzene rings is 4. The van der Waals surface area contributed by atoms with Crippen molar-refractivity contribution in [2.75, 3.05) is 44.9 Å². The third-order valence-corrected chi connectivity index (χ3v) is 11.3. The lowest BCUT2D eigenvalue weighted by atomic mass is 9.92. The summed E-state index contributed by atoms with van der Waals surface area (Å²) >= 11 is 6.46. The van der Waals surface area contributed by atoms with Gasteiger partial charge in [0.25, 0.3) is 11.8 Å². The van der Waals surface area contributed by atoms with Crippen molar-refractivity contribution in [3.05, 3.63) is 140 Å². The molecule has 0 bridgehead atoms. The van der Waals surface area contributed by atoms with Gasteiger partial charge in [0.15, 0.2) is 0 Å². The van der Waals surface area contributed by atoms with E-state index >= 15 is 4.39 Å². The largest absolute Gasteiger partial charge is 0.496 e. The minimum absolute atomic E-state index is 0.125. The van der Waals surface area contributed by atoms with Gasteiger partial charge >= 0.3 is 0 Å². The Morgan fingerprint density at radius 2 is 1.71 bits per heavy atom. The van der Waals surface area contributed by atoms with Crippen LogP contribution < -0.4 is 9.64 Å². The van der Waals surface area contributed by atoms with Gasteiger partial charge in [-0.25, -0.2) is 4.39 Å². The topological polar surface area (TPSA) is 91.0 Å². The number of aromatic nitrogens is 1. The summed E-state index contributed by atoms with van der Waals surface area (Å²) in [5.74, 6) is -0.584. The van der Waals surface area contributed by atoms with E-state index in [1.165, 1.54) is 17.7 Å². The zero-order valence-corrected chi connectivity index (χ0v) is 32.2. The molecule has 0 unspecified atom stereocenters. The third-order valence-electron chi connectivity index (χ3n) is 11.0. The monoisotopic (exact) mass is 759 g/mol. The first-order valence-electron chi connectivity index (χ1n) is 18.4. The van der Waals surface area contributed by atoms with Gasteiger partial charge in [-0.05, 0) is 91.1 Å². The van der Waals surface area contributed by atoms with Crippen LogP contribution in [-0.2, 0) is 31.3 Å². The van der Waals surface area contributed by atoms with E-state index in [0.29, 0.717) is 72.2 Å². The van der Waals surface area contributed by atoms with Crippen molar-refractivity contribution in [1.82, 2.24) is 14.4 Å². The standard InChI is InChI=1S/C44H43ClFN5O4/c1-28-32(10-7-11-42(28)54-4)25-50(34-14-12-30(24-47)13-15-34)43(52)36-23-41(48(3)29(36)2)37-21-39(45)40(46)22-38(37)44(53)51-26-33-9-6-5-8-31(33)20-35(51)27-49-16-18-55-19-17-49/h5-15,21-23,35H,16-20,25-27H2,1-4H3/t35-/m0/s1. The Bertz CT molecular complexity index is 2290. The Morgan fingerprint density at radius 3 is 2.42 bits per heavy atom. The van der Waals surface area contributed by atoms with Gasteiger partial charge in [0.1, 0.15) is 11.6 Å². The predicted molar refractivity (Wildman–Crippen MR) is 211 cm³/mol. The SMILES string of the molecule is COc1cccc(CN(C(=O)c2cc(-c3cc(Cl)c(F)cc3C(=O)N3Cc4ccccc4C[C@H]3CN3CCOCC3)n(C)c2C)c2ccc(C#N)cc2)c1C. The quantitative estimate of drug-likeness (QED) is 0.153. The molecule has 0 aliphatic carbocycles. The number of anilines is 1. The minimum Gasteiger partial charge on any atom is -0.496 e. The second kappa shape index (κ2) is 16.1. The Labute approximate surface area is 326 Å². The van der Waals surface area contributed by atoms with Gasteiger partial charge in [-0.3, -0.25) is 14.5 Å². The average Bonchev–Trinajstić information content (AvgIpc) is 3.50. The molecule has 2 amide bonds. The fourth-order valence-corrected chi connectivity index (χ4v) is 7.86. The Hall–Kier alpha value is -5.47. The molecule has 5 aromatic rings. The summed E-state index contributed by atoms with van der Waals surface area (Å²) in [5.41, 5.74) is 7.32. The van der Waals surface area contributed by atoms with Crippen LogP contribution in [0.1, 0.15) is 54.2 Å². The smallest absolute Gasteiger partial charge is 0.260 e. The summed E-state index contributed by atoms with van der Waals surface area (Å²) in [6.45, 7) is 7.89. The van der Waals surface area contributed by atoms with E-state index in [0.717, 1.165) is 29.8 Å². The zero-order valence-electron chi connectivity index (χ0n) is 31.4. The van der Waals surface area contributed by atoms with Gasteiger partial charge in [-0.2, -0.15) is 5.26 Å². The lowest BCUT2D eigenvalue weighted by Crippen LogP contribution is -2.52. The fraction of sp³-hybridized carbons (Fsp3) is 0.295. The summed E-state index contributed by atoms with van der Waals surface area (Å²) < 4.78 is 28.4. The number of hydrogen-bond donors (Lipinski definition) is 0. The van der Waals surface area contributed by atoms with Gasteiger partial charge in [0.2, 0.25) is 0 Å². The molecule has 1 saturated heterocycles. The number of fused-ring (bicyclic) bond motifs is 1. The summed E-state index contributed by atoms with van der Waals surface area (Å²) in [4.78, 5) is 35.4. The molecular formula is C44H43ClFN5O4. The van der Waals surface area contributed by atoms with E-state index in [2.05, 4.69) is 17.0 Å². The molecule has 0 saturated carbocycles. The number of amides is 2. The molecule has 0 N–H and O–H groups in total. The summed E-state index contributed by atoms with van der Waals surface area (Å²) in [6, 6.07) is 27.2. The Balaban J connectivity index is 1.29. The lowest BCUT2D eigenvalue weighted by molar-refractivity contribution is 0.0193. The maximum absolute atomic E-state index is 15.4. The first-order chi connectivity index (χ1) is 26.6. The first-order valence-corrected chi connectivity index (χ1v) is 18.7. The van der Waals surface area contributed by atoms with Crippen LogP contribution in [0.25, 0.3) is 11.3 Å². The highest BCUT2D eigenvalue weighted by Crippen LogP contribution is 2.36. The molecule has 1 fully saturated rings. The highest BCUT2D eigenvalue weighted by atomic mass is 35.5. The average molecular weight is 760 g/mol. The molecule has 1 aromatic heterocycles. The maximum atomic E-state index is 15.4. The number of carbonyl (C=O) groups is 2. The number of morpholine rings is 1. The predicted octanol–water partition coefficient (Wildman–Crippen LogP) is 7.73. The summed E-state index contributed by atoms with van der Waals surface area (Å²) in [5, 5.41) is 9.34. The number of nitriles is 1. The molecule has 9 nitrogen and oxygen atoms in total. The van der Waals surface area contributed by atoms with Crippen molar-refractivity contribution >= 4 is 29.1 Å². The Kier molecular flexibility index (Phi) is 11.1. The third kappa shape index (κ3) is 7.61. The number of rotatable bonds is 9. The molecule has 0 spiro atoms. The molecule has 2 aliphatic rings. The molecule has 2 aliphatic heterocycles. The molecular weight excluding hydrogens is 717 g/mol. The highest BCUT2D eigenvalue weighted by molar-refractivity contribution is 6.31. The van der Waals surface area contributed by atoms with Crippen LogP contribution in [0.3, 0.4) is 0 Å². The normalized spacial score (nSPS) is 15.7. The highest BCUT2D eigenvalue weighted by Gasteiger charge is 2.34. The van der Waals surface area contributed by atoms with Crippen molar-refractivity contribution in [2.45, 2.75) is 39.4 Å². The Morgan fingerprint density at radius 1 is 0.982 bits per heavy atom. The van der Waals surface area contributed by atoms with Gasteiger partial charge in [0.05, 0.1) is 54.7 Å². The van der Waals surface area contributed by atoms with E-state index in [4.69, 9.17) is 21.1 Å². The maximum Gasteiger partial charge on any atom is 0.260 e. The zero-order chi connectivity index (χ0) is 38.8. The van der Waals surface area contributed by atoms with Crippen molar-refractivity contribution in [3.8, 4) is 23.1 Å². The molecule has 282 valence electrons. The lowest BCUT2D eigenvalue weighted by Gasteiger charge is -2.40. The molecule has 1 atom stereocenters. The summed E-state index contributed by atoms with van der Waals surface area (Å²) in [6.07, 6.45) is 0.671. The van der Waals surface area contributed by atoms with Crippen LogP contribution >= 0.6 is 11.6 Å². The molecule has 4 aromatic carbocycles. The van der Waals surface area contributed by atoms with Gasteiger partial charge in [0, 0.05) is 61.9 Å². The van der Waals surface area contributed by atoms with E-state index in [-0.39, 0.29) is 35.0 Å². The summed E-state index contributed by atoms with van der Waals surface area (Å²) in [7, 11) is 3.43. The minimum atomic E-state index is -0.696. The van der Waals surface area contributed by atoms with Crippen molar-refractivity contribution in [3.63, 3.8) is 0 Å². The number of hydrogen-bond acceptors (Lipinski definition) is 6. The fourth-order valence-electron chi connectivity index (χ4n) is 7.70. The van der Waals surface area contributed by atoms with Crippen molar-refractivity contribution < 1.29 is 23.5 Å². The molecule has 3 heterocycles. The molecule has 7 rings (SSSR count). The second-order valence-electron chi connectivity index (χ2n) is 14.2. The van der Waals surface area contributed by atoms with Crippen molar-refractivity contribution in [1.29, 1.82) is 5.26 Å². The van der Waals surface area contributed by atoms with Crippen molar-refractivity contribution in [2.24, 2.45) is 7.05 Å². The van der Waals surface area contributed by atoms with Gasteiger partial charge in [-0.15, -0.1) is 0 Å². The molecule has 0 radical (unpaired) electrons. The van der Waals surface area contributed by atoms with Crippen LogP contribution in [-0.4, -0.2) is 72.2 Å². The van der Waals surface area contributed by atoms with Gasteiger partial charge < -0.3 is 23.8 Å². The van der Waals surface area contributed by atoms with Crippen LogP contribution in [0, 0.1) is 31.0 Å². The van der Waals surface area contributed by atoms with Crippen LogP contribution in [0.15, 0.2) is 84.9 Å². The van der Waals surface area contributed by atoms with E-state index in [1.807, 2.05) is 66.8 Å². The van der Waals surface area contributed by atoms with E-state index in [1.54, 1.807) is 42.3 Å². The number of carbonyl (C=O) groups excluding carboxylic acids is 2. The van der Waals surface area contributed by atoms with E-state index < -0.39 is 5.82 Å².